The van der Waals surface area contributed by atoms with E-state index in [0.717, 1.165) is 5.75 Å². The molecule has 1 aromatic carbocycles. The molecule has 0 aliphatic rings. The monoisotopic (exact) mass is 205 g/mol. The molecule has 0 N–H and O–H groups in total. The summed E-state index contributed by atoms with van der Waals surface area (Å²) in [7, 11) is 1.72. The van der Waals surface area contributed by atoms with Gasteiger partial charge in [0.15, 0.2) is 0 Å². The van der Waals surface area contributed by atoms with Crippen molar-refractivity contribution in [2.75, 3.05) is 7.11 Å². The Kier molecular flexibility index (Phi) is 4.25. The molecule has 1 aromatic rings. The molecule has 0 spiro atoms. The highest BCUT2D eigenvalue weighted by Crippen LogP contribution is 2.21. The average molecular weight is 205 g/mol. The molecule has 0 aliphatic heterocycles. The third-order valence-electron chi connectivity index (χ3n) is 4.17. The summed E-state index contributed by atoms with van der Waals surface area (Å²) in [6, 6.07) is 8.62. The van der Waals surface area contributed by atoms with Crippen LogP contribution in [0.15, 0.2) is 24.3 Å². The van der Waals surface area contributed by atoms with E-state index in [-0.39, 0.29) is 6.15 Å². The quantitative estimate of drug-likeness (QED) is 0.669. The van der Waals surface area contributed by atoms with E-state index in [1.807, 2.05) is 0 Å². The molecule has 2 heteroatoms. The number of ether oxygens (including phenoxy) is 1. The minimum atomic E-state index is -0.339. The van der Waals surface area contributed by atoms with Gasteiger partial charge in [-0.2, -0.15) is 19.0 Å². The highest BCUT2D eigenvalue weighted by Gasteiger charge is 2.19. The first kappa shape index (κ1) is 12.2. The van der Waals surface area contributed by atoms with Gasteiger partial charge in [0.2, 0.25) is 0 Å². The van der Waals surface area contributed by atoms with Crippen LogP contribution in [0.1, 0.15) is 20.8 Å². The third kappa shape index (κ3) is 2.36. The van der Waals surface area contributed by atoms with Gasteiger partial charge in [-0.15, -0.1) is 0 Å². The molecule has 0 bridgehead atoms. The first-order chi connectivity index (χ1) is 7.22. The molecule has 0 aromatic heterocycles. The van der Waals surface area contributed by atoms with Crippen molar-refractivity contribution in [2.45, 2.75) is 39.7 Å². The lowest BCUT2D eigenvalue weighted by Gasteiger charge is -2.37. The summed E-state index contributed by atoms with van der Waals surface area (Å²) in [6.45, 7) is 6.91. The highest BCUT2D eigenvalue weighted by molar-refractivity contribution is 6.91. The number of rotatable bonds is 5. The van der Waals surface area contributed by atoms with Crippen LogP contribution in [0.2, 0.25) is 19.0 Å². The lowest BCUT2D eigenvalue weighted by atomic mass is 9.17. The predicted molar refractivity (Wildman–Crippen MR) is 69.8 cm³/mol. The Bertz CT molecular complexity index is 280. The Morgan fingerprint density at radius 2 is 1.40 bits per heavy atom. The summed E-state index contributed by atoms with van der Waals surface area (Å²) in [4.78, 5) is 0. The van der Waals surface area contributed by atoms with Gasteiger partial charge in [0.25, 0.3) is 0 Å². The number of methoxy groups -OCH3 is 1. The van der Waals surface area contributed by atoms with Crippen molar-refractivity contribution in [1.29, 1.82) is 0 Å². The Hall–Kier alpha value is -0.915. The van der Waals surface area contributed by atoms with E-state index in [0.29, 0.717) is 0 Å². The predicted octanol–water partition coefficient (Wildman–Crippen LogP) is 3.41. The maximum Gasteiger partial charge on any atom is 0.118 e. The molecule has 0 atom stereocenters. The average Bonchev–Trinajstić information content (AvgIpc) is 2.33. The minimum Gasteiger partial charge on any atom is -0.497 e. The van der Waals surface area contributed by atoms with E-state index in [1.165, 1.54) is 24.4 Å². The van der Waals surface area contributed by atoms with E-state index in [1.54, 1.807) is 7.11 Å². The van der Waals surface area contributed by atoms with Crippen LogP contribution in [0.25, 0.3) is 0 Å². The molecule has 0 fully saturated rings. The molecule has 0 unspecified atom stereocenters. The van der Waals surface area contributed by atoms with Gasteiger partial charge in [-0.3, -0.25) is 0 Å². The maximum absolute atomic E-state index is 5.19. The summed E-state index contributed by atoms with van der Waals surface area (Å²) < 4.78 is 5.19. The summed E-state index contributed by atoms with van der Waals surface area (Å²) in [5.74, 6) is 0.951. The van der Waals surface area contributed by atoms with Crippen molar-refractivity contribution in [3.63, 3.8) is 0 Å². The standard InChI is InChI=1S/C13H22BO/c1-5-14(6-2,7-3)12-8-10-13(15-4)11-9-12/h8-11H,5-7H2,1-4H3/q-1. The lowest BCUT2D eigenvalue weighted by molar-refractivity contribution is 0.415. The van der Waals surface area contributed by atoms with Crippen molar-refractivity contribution in [2.24, 2.45) is 0 Å². The number of hydrogen-bond donors (Lipinski definition) is 0. The first-order valence-electron chi connectivity index (χ1n) is 6.07. The van der Waals surface area contributed by atoms with Crippen LogP contribution in [0.5, 0.6) is 5.75 Å². The van der Waals surface area contributed by atoms with E-state index >= 15 is 0 Å². The second-order valence-electron chi connectivity index (χ2n) is 4.48. The summed E-state index contributed by atoms with van der Waals surface area (Å²) in [6.07, 6.45) is 3.45. The molecule has 1 nitrogen and oxygen atoms in total. The van der Waals surface area contributed by atoms with Crippen molar-refractivity contribution in [3.8, 4) is 5.75 Å². The molecule has 1 rings (SSSR count). The third-order valence-corrected chi connectivity index (χ3v) is 4.17. The summed E-state index contributed by atoms with van der Waals surface area (Å²) in [5.41, 5.74) is 1.50. The van der Waals surface area contributed by atoms with Crippen LogP contribution in [-0.2, 0) is 0 Å². The molecular formula is C13H22BO-. The summed E-state index contributed by atoms with van der Waals surface area (Å²) in [5, 5.41) is 0. The summed E-state index contributed by atoms with van der Waals surface area (Å²) >= 11 is 0. The maximum atomic E-state index is 5.19. The van der Waals surface area contributed by atoms with Crippen LogP contribution >= 0.6 is 0 Å². The first-order valence-corrected chi connectivity index (χ1v) is 6.07. The highest BCUT2D eigenvalue weighted by atomic mass is 16.5. The van der Waals surface area contributed by atoms with Crippen LogP contribution in [0, 0.1) is 0 Å². The molecule has 0 radical (unpaired) electrons. The topological polar surface area (TPSA) is 9.23 Å². The Morgan fingerprint density at radius 1 is 0.933 bits per heavy atom. The van der Waals surface area contributed by atoms with Crippen molar-refractivity contribution in [3.05, 3.63) is 24.3 Å². The van der Waals surface area contributed by atoms with Crippen LogP contribution in [0.3, 0.4) is 0 Å². The second kappa shape index (κ2) is 5.25. The van der Waals surface area contributed by atoms with Gasteiger partial charge in [-0.25, -0.2) is 5.46 Å². The lowest BCUT2D eigenvalue weighted by Crippen LogP contribution is -2.45. The molecule has 0 saturated carbocycles. The SMILES string of the molecule is CC[B-](CC)(CC)c1ccc(OC)cc1. The van der Waals surface area contributed by atoms with Gasteiger partial charge in [-0.1, -0.05) is 32.9 Å². The zero-order valence-corrected chi connectivity index (χ0v) is 10.4. The van der Waals surface area contributed by atoms with Crippen LogP contribution in [-0.4, -0.2) is 13.3 Å². The van der Waals surface area contributed by atoms with E-state index in [9.17, 15) is 0 Å². The van der Waals surface area contributed by atoms with Crippen molar-refractivity contribution < 1.29 is 4.74 Å². The molecule has 0 saturated heterocycles. The van der Waals surface area contributed by atoms with E-state index < -0.39 is 0 Å². The molecule has 84 valence electrons. The molecule has 0 aliphatic carbocycles. The Morgan fingerprint density at radius 3 is 1.73 bits per heavy atom. The second-order valence-corrected chi connectivity index (χ2v) is 4.48. The van der Waals surface area contributed by atoms with Crippen molar-refractivity contribution in [1.82, 2.24) is 0 Å². The van der Waals surface area contributed by atoms with Crippen molar-refractivity contribution >= 4 is 11.6 Å². The van der Waals surface area contributed by atoms with Gasteiger partial charge in [0.1, 0.15) is 5.75 Å². The Labute approximate surface area is 93.8 Å². The van der Waals surface area contributed by atoms with Gasteiger partial charge in [0.05, 0.1) is 7.11 Å². The largest absolute Gasteiger partial charge is 0.497 e. The molecule has 15 heavy (non-hydrogen) atoms. The molecular weight excluding hydrogens is 183 g/mol. The van der Waals surface area contributed by atoms with E-state index in [2.05, 4.69) is 45.0 Å². The van der Waals surface area contributed by atoms with Gasteiger partial charge < -0.3 is 4.74 Å². The Balaban J connectivity index is 3.01. The molecule has 0 heterocycles. The van der Waals surface area contributed by atoms with Crippen LogP contribution < -0.4 is 10.2 Å². The fourth-order valence-corrected chi connectivity index (χ4v) is 2.59. The normalized spacial score (nSPS) is 11.5. The number of benzene rings is 1. The van der Waals surface area contributed by atoms with Crippen LogP contribution in [0.4, 0.5) is 0 Å². The van der Waals surface area contributed by atoms with Gasteiger partial charge in [-0.05, 0) is 12.1 Å². The van der Waals surface area contributed by atoms with E-state index in [4.69, 9.17) is 4.74 Å². The zero-order chi connectivity index (χ0) is 11.3. The number of hydrogen-bond acceptors (Lipinski definition) is 1. The minimum absolute atomic E-state index is 0.339. The zero-order valence-electron chi connectivity index (χ0n) is 10.4. The van der Waals surface area contributed by atoms with Gasteiger partial charge in [0, 0.05) is 6.15 Å². The molecule has 0 amide bonds. The smallest absolute Gasteiger partial charge is 0.118 e. The fourth-order valence-electron chi connectivity index (χ4n) is 2.59. The fraction of sp³-hybridized carbons (Fsp3) is 0.538. The van der Waals surface area contributed by atoms with Gasteiger partial charge >= 0.3 is 0 Å².